The Labute approximate surface area is 147 Å². The van der Waals surface area contributed by atoms with Gasteiger partial charge in [-0.05, 0) is 53.7 Å². The maximum absolute atomic E-state index is 12.9. The topological polar surface area (TPSA) is 64.7 Å². The lowest BCUT2D eigenvalue weighted by atomic mass is 10.1. The lowest BCUT2D eigenvalue weighted by molar-refractivity contribution is -0.113. The number of carbonyl (C=O) groups excluding carboxylic acids is 1. The molecule has 1 heterocycles. The summed E-state index contributed by atoms with van der Waals surface area (Å²) in [5, 5.41) is 0.724. The zero-order chi connectivity index (χ0) is 17.1. The van der Waals surface area contributed by atoms with E-state index in [2.05, 4.69) is 4.99 Å². The molecule has 0 fully saturated rings. The fourth-order valence-electron chi connectivity index (χ4n) is 2.07. The van der Waals surface area contributed by atoms with Gasteiger partial charge in [-0.25, -0.2) is 4.39 Å². The molecule has 0 aliphatic carbocycles. The molecular formula is C17H12ClFN2O2S. The zero-order valence-corrected chi connectivity index (χ0v) is 13.9. The Kier molecular flexibility index (Phi) is 4.87. The number of hydrogen-bond donors (Lipinski definition) is 1. The SMILES string of the molecule is NC1=NC(=O)/C(=C\c2cc(Cl)ccc2OCc2ccc(F)cc2)S1. The van der Waals surface area contributed by atoms with Crippen LogP contribution in [0, 0.1) is 5.82 Å². The molecule has 4 nitrogen and oxygen atoms in total. The normalized spacial score (nSPS) is 15.7. The molecule has 0 saturated carbocycles. The van der Waals surface area contributed by atoms with Gasteiger partial charge < -0.3 is 10.5 Å². The molecule has 0 unspecified atom stereocenters. The highest BCUT2D eigenvalue weighted by atomic mass is 35.5. The molecule has 1 aliphatic rings. The van der Waals surface area contributed by atoms with Crippen LogP contribution in [0.2, 0.25) is 5.02 Å². The van der Waals surface area contributed by atoms with E-state index in [0.717, 1.165) is 17.3 Å². The van der Waals surface area contributed by atoms with E-state index in [9.17, 15) is 9.18 Å². The van der Waals surface area contributed by atoms with Crippen LogP contribution in [0.15, 0.2) is 52.4 Å². The third kappa shape index (κ3) is 3.96. The van der Waals surface area contributed by atoms with E-state index in [1.807, 2.05) is 0 Å². The summed E-state index contributed by atoms with van der Waals surface area (Å²) >= 11 is 7.13. The monoisotopic (exact) mass is 362 g/mol. The molecule has 0 spiro atoms. The van der Waals surface area contributed by atoms with E-state index in [4.69, 9.17) is 22.1 Å². The van der Waals surface area contributed by atoms with Gasteiger partial charge in [-0.15, -0.1) is 0 Å². The molecule has 0 atom stereocenters. The number of hydrogen-bond acceptors (Lipinski definition) is 4. The Morgan fingerprint density at radius 2 is 2.00 bits per heavy atom. The lowest BCUT2D eigenvalue weighted by Gasteiger charge is -2.10. The smallest absolute Gasteiger partial charge is 0.286 e. The van der Waals surface area contributed by atoms with Gasteiger partial charge in [0.25, 0.3) is 5.91 Å². The first-order chi connectivity index (χ1) is 11.5. The van der Waals surface area contributed by atoms with Crippen molar-refractivity contribution in [3.8, 4) is 5.75 Å². The Bertz CT molecular complexity index is 850. The number of aliphatic imine (C=N–C) groups is 1. The van der Waals surface area contributed by atoms with Crippen molar-refractivity contribution >= 4 is 40.5 Å². The van der Waals surface area contributed by atoms with Gasteiger partial charge in [0.1, 0.15) is 18.2 Å². The summed E-state index contributed by atoms with van der Waals surface area (Å²) in [6.07, 6.45) is 1.64. The summed E-state index contributed by atoms with van der Waals surface area (Å²) in [6.45, 7) is 0.262. The number of benzene rings is 2. The van der Waals surface area contributed by atoms with Crippen molar-refractivity contribution in [2.45, 2.75) is 6.61 Å². The molecule has 7 heteroatoms. The second kappa shape index (κ2) is 7.07. The first kappa shape index (κ1) is 16.5. The molecule has 1 amide bonds. The van der Waals surface area contributed by atoms with Gasteiger partial charge in [0.05, 0.1) is 4.91 Å². The molecule has 0 saturated heterocycles. The number of nitrogens with zero attached hydrogens (tertiary/aromatic N) is 1. The number of nitrogens with two attached hydrogens (primary N) is 1. The fraction of sp³-hybridized carbons (Fsp3) is 0.0588. The maximum Gasteiger partial charge on any atom is 0.286 e. The minimum atomic E-state index is -0.387. The van der Waals surface area contributed by atoms with Crippen LogP contribution in [0.1, 0.15) is 11.1 Å². The van der Waals surface area contributed by atoms with Gasteiger partial charge in [-0.2, -0.15) is 4.99 Å². The van der Waals surface area contributed by atoms with Gasteiger partial charge >= 0.3 is 0 Å². The Balaban J connectivity index is 1.82. The number of amides is 1. The van der Waals surface area contributed by atoms with Crippen LogP contribution in [-0.4, -0.2) is 11.1 Å². The second-order valence-electron chi connectivity index (χ2n) is 4.96. The van der Waals surface area contributed by atoms with Crippen molar-refractivity contribution in [2.75, 3.05) is 0 Å². The standard InChI is InChI=1S/C17H12ClFN2O2S/c18-12-3-6-14(23-9-10-1-4-13(19)5-2-10)11(7-12)8-15-16(22)21-17(20)24-15/h1-8H,9H2,(H2,20,21,22)/b15-8+. The highest BCUT2D eigenvalue weighted by molar-refractivity contribution is 8.18. The number of amidine groups is 1. The van der Waals surface area contributed by atoms with Gasteiger partial charge in [0.2, 0.25) is 0 Å². The third-order valence-electron chi connectivity index (χ3n) is 3.20. The van der Waals surface area contributed by atoms with E-state index in [-0.39, 0.29) is 23.5 Å². The minimum Gasteiger partial charge on any atom is -0.488 e. The number of carbonyl (C=O) groups is 1. The molecule has 0 bridgehead atoms. The third-order valence-corrected chi connectivity index (χ3v) is 4.25. The summed E-state index contributed by atoms with van der Waals surface area (Å²) in [5.74, 6) is -0.137. The van der Waals surface area contributed by atoms with Crippen LogP contribution in [0.3, 0.4) is 0 Å². The van der Waals surface area contributed by atoms with Crippen LogP contribution in [-0.2, 0) is 11.4 Å². The van der Waals surface area contributed by atoms with Crippen molar-refractivity contribution in [3.63, 3.8) is 0 Å². The van der Waals surface area contributed by atoms with Crippen molar-refractivity contribution in [1.29, 1.82) is 0 Å². The van der Waals surface area contributed by atoms with E-state index >= 15 is 0 Å². The lowest BCUT2D eigenvalue weighted by Crippen LogP contribution is -2.01. The summed E-state index contributed by atoms with van der Waals surface area (Å²) in [7, 11) is 0. The summed E-state index contributed by atoms with van der Waals surface area (Å²) in [4.78, 5) is 15.8. The summed E-state index contributed by atoms with van der Waals surface area (Å²) in [6, 6.07) is 11.1. The zero-order valence-electron chi connectivity index (χ0n) is 12.3. The first-order valence-electron chi connectivity index (χ1n) is 6.96. The summed E-state index contributed by atoms with van der Waals surface area (Å²) in [5.41, 5.74) is 7.01. The van der Waals surface area contributed by atoms with Gasteiger partial charge in [0, 0.05) is 10.6 Å². The Hall–Kier alpha value is -2.31. The minimum absolute atomic E-state index is 0.210. The summed E-state index contributed by atoms with van der Waals surface area (Å²) < 4.78 is 18.7. The molecule has 1 aliphatic heterocycles. The first-order valence-corrected chi connectivity index (χ1v) is 8.15. The largest absolute Gasteiger partial charge is 0.488 e. The predicted octanol–water partition coefficient (Wildman–Crippen LogP) is 3.99. The number of rotatable bonds is 4. The average molecular weight is 363 g/mol. The Morgan fingerprint density at radius 1 is 1.25 bits per heavy atom. The average Bonchev–Trinajstić information content (AvgIpc) is 2.86. The quantitative estimate of drug-likeness (QED) is 0.835. The molecule has 0 radical (unpaired) electrons. The number of thioether (sulfide) groups is 1. The van der Waals surface area contributed by atoms with Gasteiger partial charge in [0.15, 0.2) is 5.17 Å². The molecule has 2 aromatic carbocycles. The van der Waals surface area contributed by atoms with Crippen LogP contribution in [0.5, 0.6) is 5.75 Å². The van der Waals surface area contributed by atoms with Crippen molar-refractivity contribution in [2.24, 2.45) is 10.7 Å². The van der Waals surface area contributed by atoms with E-state index in [1.54, 1.807) is 36.4 Å². The molecule has 0 aromatic heterocycles. The highest BCUT2D eigenvalue weighted by Crippen LogP contribution is 2.31. The van der Waals surface area contributed by atoms with Crippen LogP contribution < -0.4 is 10.5 Å². The second-order valence-corrected chi connectivity index (χ2v) is 6.46. The molecule has 2 aromatic rings. The molecule has 3 rings (SSSR count). The molecular weight excluding hydrogens is 351 g/mol. The highest BCUT2D eigenvalue weighted by Gasteiger charge is 2.20. The number of ether oxygens (including phenoxy) is 1. The van der Waals surface area contributed by atoms with Crippen molar-refractivity contribution in [3.05, 3.63) is 69.3 Å². The molecule has 24 heavy (non-hydrogen) atoms. The van der Waals surface area contributed by atoms with E-state index in [1.165, 1.54) is 12.1 Å². The molecule has 2 N–H and O–H groups in total. The fourth-order valence-corrected chi connectivity index (χ4v) is 2.93. The van der Waals surface area contributed by atoms with Crippen LogP contribution in [0.25, 0.3) is 6.08 Å². The van der Waals surface area contributed by atoms with E-state index in [0.29, 0.717) is 21.2 Å². The van der Waals surface area contributed by atoms with Crippen LogP contribution in [0.4, 0.5) is 4.39 Å². The van der Waals surface area contributed by atoms with Crippen molar-refractivity contribution in [1.82, 2.24) is 0 Å². The van der Waals surface area contributed by atoms with Gasteiger partial charge in [-0.3, -0.25) is 4.79 Å². The molecule has 122 valence electrons. The van der Waals surface area contributed by atoms with Gasteiger partial charge in [-0.1, -0.05) is 23.7 Å². The van der Waals surface area contributed by atoms with Crippen LogP contribution >= 0.6 is 23.4 Å². The maximum atomic E-state index is 12.9. The number of halogens is 2. The predicted molar refractivity (Wildman–Crippen MR) is 94.4 cm³/mol. The van der Waals surface area contributed by atoms with Crippen molar-refractivity contribution < 1.29 is 13.9 Å². The Morgan fingerprint density at radius 3 is 2.67 bits per heavy atom. The van der Waals surface area contributed by atoms with E-state index < -0.39 is 0 Å².